The van der Waals surface area contributed by atoms with Gasteiger partial charge in [0.2, 0.25) is 5.91 Å². The molecular formula is C24H35N3O6. The van der Waals surface area contributed by atoms with Gasteiger partial charge in [-0.3, -0.25) is 4.79 Å². The van der Waals surface area contributed by atoms with Crippen molar-refractivity contribution in [3.8, 4) is 5.75 Å². The second kappa shape index (κ2) is 8.52. The Labute approximate surface area is 195 Å². The van der Waals surface area contributed by atoms with Crippen molar-refractivity contribution in [1.29, 1.82) is 0 Å². The molecule has 3 amide bonds. The molecular weight excluding hydrogens is 426 g/mol. The molecule has 0 aromatic heterocycles. The summed E-state index contributed by atoms with van der Waals surface area (Å²) in [7, 11) is 1.51. The number of nitrogens with two attached hydrogens (primary N) is 1. The molecule has 33 heavy (non-hydrogen) atoms. The van der Waals surface area contributed by atoms with E-state index >= 15 is 0 Å². The van der Waals surface area contributed by atoms with Crippen molar-refractivity contribution >= 4 is 23.8 Å². The van der Waals surface area contributed by atoms with Gasteiger partial charge in [0.15, 0.2) is 0 Å². The second-order valence-electron chi connectivity index (χ2n) is 10.5. The zero-order valence-corrected chi connectivity index (χ0v) is 20.6. The number of nitrogens with zero attached hydrogens (tertiary/aromatic N) is 2. The van der Waals surface area contributed by atoms with Gasteiger partial charge in [-0.2, -0.15) is 0 Å². The van der Waals surface area contributed by atoms with Gasteiger partial charge in [0.1, 0.15) is 17.0 Å². The smallest absolute Gasteiger partial charge is 0.421 e. The summed E-state index contributed by atoms with van der Waals surface area (Å²) in [5.41, 5.74) is 4.51. The second-order valence-corrected chi connectivity index (χ2v) is 10.5. The predicted molar refractivity (Wildman–Crippen MR) is 123 cm³/mol. The standard InChI is InChI=1S/C24H35N3O6/c1-22(2,3)32-20(29)26-12-8-11-24(18(26)14-25)16-10-9-15(31-7)13-17(16)27(19(24)28)21(30)33-23(4,5)6/h9-10,13,18H,8,11-12,14,25H2,1-7H3. The van der Waals surface area contributed by atoms with Crippen molar-refractivity contribution in [2.24, 2.45) is 5.73 Å². The third-order valence-corrected chi connectivity index (χ3v) is 5.85. The minimum absolute atomic E-state index is 0.0264. The van der Waals surface area contributed by atoms with E-state index in [4.69, 9.17) is 19.9 Å². The molecule has 0 saturated carbocycles. The Morgan fingerprint density at radius 2 is 1.70 bits per heavy atom. The summed E-state index contributed by atoms with van der Waals surface area (Å²) in [6.07, 6.45) is -0.319. The number of hydrogen-bond acceptors (Lipinski definition) is 7. The van der Waals surface area contributed by atoms with Gasteiger partial charge in [0, 0.05) is 19.2 Å². The summed E-state index contributed by atoms with van der Waals surface area (Å²) in [4.78, 5) is 42.8. The van der Waals surface area contributed by atoms with E-state index in [0.717, 1.165) is 4.90 Å². The molecule has 9 nitrogen and oxygen atoms in total. The molecule has 2 N–H and O–H groups in total. The minimum Gasteiger partial charge on any atom is -0.497 e. The Morgan fingerprint density at radius 1 is 1.09 bits per heavy atom. The van der Waals surface area contributed by atoms with Gasteiger partial charge in [-0.15, -0.1) is 0 Å². The van der Waals surface area contributed by atoms with Gasteiger partial charge in [0.05, 0.1) is 24.3 Å². The average molecular weight is 462 g/mol. The zero-order valence-electron chi connectivity index (χ0n) is 20.6. The highest BCUT2D eigenvalue weighted by atomic mass is 16.6. The zero-order chi connectivity index (χ0) is 24.8. The predicted octanol–water partition coefficient (Wildman–Crippen LogP) is 3.57. The maximum absolute atomic E-state index is 14.0. The Bertz CT molecular complexity index is 948. The number of carbonyl (C=O) groups excluding carboxylic acids is 3. The number of methoxy groups -OCH3 is 1. The Balaban J connectivity index is 2.13. The topological polar surface area (TPSA) is 111 Å². The first-order valence-electron chi connectivity index (χ1n) is 11.2. The first-order valence-corrected chi connectivity index (χ1v) is 11.2. The monoisotopic (exact) mass is 461 g/mol. The summed E-state index contributed by atoms with van der Waals surface area (Å²) >= 11 is 0. The number of imide groups is 1. The van der Waals surface area contributed by atoms with Crippen LogP contribution in [-0.4, -0.2) is 60.4 Å². The summed E-state index contributed by atoms with van der Waals surface area (Å²) in [6, 6.07) is 4.48. The summed E-state index contributed by atoms with van der Waals surface area (Å²) in [5.74, 6) is 0.0416. The number of rotatable bonds is 2. The lowest BCUT2D eigenvalue weighted by Gasteiger charge is -2.46. The van der Waals surface area contributed by atoms with Crippen LogP contribution in [0.2, 0.25) is 0 Å². The lowest BCUT2D eigenvalue weighted by atomic mass is 9.69. The number of likely N-dealkylation sites (tertiary alicyclic amines) is 1. The van der Waals surface area contributed by atoms with E-state index < -0.39 is 40.8 Å². The quantitative estimate of drug-likeness (QED) is 0.716. The van der Waals surface area contributed by atoms with Crippen LogP contribution >= 0.6 is 0 Å². The molecule has 0 bridgehead atoms. The van der Waals surface area contributed by atoms with E-state index in [1.165, 1.54) is 12.0 Å². The molecule has 3 rings (SSSR count). The molecule has 1 fully saturated rings. The van der Waals surface area contributed by atoms with Crippen molar-refractivity contribution in [2.75, 3.05) is 25.1 Å². The first kappa shape index (κ1) is 24.8. The molecule has 2 aliphatic rings. The van der Waals surface area contributed by atoms with Crippen LogP contribution < -0.4 is 15.4 Å². The molecule has 2 aliphatic heterocycles. The summed E-state index contributed by atoms with van der Waals surface area (Å²) in [6.45, 7) is 11.0. The number of benzene rings is 1. The lowest BCUT2D eigenvalue weighted by molar-refractivity contribution is -0.127. The Hall–Kier alpha value is -2.81. The molecule has 2 atom stereocenters. The van der Waals surface area contributed by atoms with E-state index in [1.807, 2.05) is 0 Å². The van der Waals surface area contributed by atoms with Crippen molar-refractivity contribution < 1.29 is 28.6 Å². The molecule has 1 aromatic carbocycles. The molecule has 182 valence electrons. The molecule has 9 heteroatoms. The molecule has 0 radical (unpaired) electrons. The van der Waals surface area contributed by atoms with Gasteiger partial charge < -0.3 is 24.8 Å². The number of hydrogen-bond donors (Lipinski definition) is 1. The number of anilines is 1. The van der Waals surface area contributed by atoms with E-state index in [1.54, 1.807) is 59.7 Å². The van der Waals surface area contributed by atoms with Gasteiger partial charge in [-0.1, -0.05) is 6.07 Å². The first-order chi connectivity index (χ1) is 15.2. The van der Waals surface area contributed by atoms with Crippen LogP contribution in [0.15, 0.2) is 18.2 Å². The molecule has 1 aromatic rings. The fraction of sp³-hybridized carbons (Fsp3) is 0.625. The highest BCUT2D eigenvalue weighted by Crippen LogP contribution is 2.51. The number of carbonyl (C=O) groups is 3. The maximum Gasteiger partial charge on any atom is 0.421 e. The third-order valence-electron chi connectivity index (χ3n) is 5.85. The number of amides is 3. The maximum atomic E-state index is 14.0. The highest BCUT2D eigenvalue weighted by Gasteiger charge is 2.61. The Kier molecular flexibility index (Phi) is 6.41. The SMILES string of the molecule is COc1ccc2c(c1)N(C(=O)OC(C)(C)C)C(=O)C21CCCN(C(=O)OC(C)(C)C)C1CN. The van der Waals surface area contributed by atoms with E-state index in [2.05, 4.69) is 0 Å². The normalized spacial score (nSPS) is 22.9. The third kappa shape index (κ3) is 4.51. The average Bonchev–Trinajstić information content (AvgIpc) is 2.93. The van der Waals surface area contributed by atoms with Gasteiger partial charge >= 0.3 is 12.2 Å². The van der Waals surface area contributed by atoms with Crippen LogP contribution in [0, 0.1) is 0 Å². The molecule has 2 unspecified atom stereocenters. The number of fused-ring (bicyclic) bond motifs is 2. The van der Waals surface area contributed by atoms with Crippen molar-refractivity contribution in [2.45, 2.75) is 77.0 Å². The molecule has 2 heterocycles. The van der Waals surface area contributed by atoms with Crippen LogP contribution in [-0.2, 0) is 19.7 Å². The molecule has 1 saturated heterocycles. The van der Waals surface area contributed by atoms with Crippen LogP contribution in [0.25, 0.3) is 0 Å². The largest absolute Gasteiger partial charge is 0.497 e. The number of ether oxygens (including phenoxy) is 3. The number of piperidine rings is 1. The van der Waals surface area contributed by atoms with Crippen molar-refractivity contribution in [3.05, 3.63) is 23.8 Å². The molecule has 0 aliphatic carbocycles. The van der Waals surface area contributed by atoms with E-state index in [0.29, 0.717) is 36.4 Å². The van der Waals surface area contributed by atoms with Crippen LogP contribution in [0.5, 0.6) is 5.75 Å². The minimum atomic E-state index is -1.19. The fourth-order valence-corrected chi connectivity index (χ4v) is 4.66. The van der Waals surface area contributed by atoms with Crippen molar-refractivity contribution in [1.82, 2.24) is 4.90 Å². The highest BCUT2D eigenvalue weighted by molar-refractivity contribution is 6.21. The summed E-state index contributed by atoms with van der Waals surface area (Å²) in [5, 5.41) is 0. The van der Waals surface area contributed by atoms with Crippen LogP contribution in [0.4, 0.5) is 15.3 Å². The van der Waals surface area contributed by atoms with Crippen LogP contribution in [0.1, 0.15) is 59.9 Å². The summed E-state index contributed by atoms with van der Waals surface area (Å²) < 4.78 is 16.5. The Morgan fingerprint density at radius 3 is 2.24 bits per heavy atom. The van der Waals surface area contributed by atoms with Crippen molar-refractivity contribution in [3.63, 3.8) is 0 Å². The molecule has 1 spiro atoms. The van der Waals surface area contributed by atoms with Gasteiger partial charge in [-0.25, -0.2) is 14.5 Å². The fourth-order valence-electron chi connectivity index (χ4n) is 4.66. The van der Waals surface area contributed by atoms with E-state index in [-0.39, 0.29) is 6.54 Å². The van der Waals surface area contributed by atoms with Gasteiger partial charge in [0.25, 0.3) is 0 Å². The lowest BCUT2D eigenvalue weighted by Crippen LogP contribution is -2.64. The van der Waals surface area contributed by atoms with E-state index in [9.17, 15) is 14.4 Å². The van der Waals surface area contributed by atoms with Gasteiger partial charge in [-0.05, 0) is 66.0 Å². The van der Waals surface area contributed by atoms with Crippen LogP contribution in [0.3, 0.4) is 0 Å².